The Labute approximate surface area is 107 Å². The molecule has 2 unspecified atom stereocenters. The van der Waals surface area contributed by atoms with E-state index in [1.165, 1.54) is 0 Å². The van der Waals surface area contributed by atoms with Gasteiger partial charge in [-0.1, -0.05) is 32.4 Å². The molecule has 2 rings (SSSR count). The van der Waals surface area contributed by atoms with Crippen molar-refractivity contribution in [3.63, 3.8) is 0 Å². The summed E-state index contributed by atoms with van der Waals surface area (Å²) in [5.41, 5.74) is 8.96. The number of carboxylic acids is 1. The van der Waals surface area contributed by atoms with E-state index < -0.39 is 12.0 Å². The van der Waals surface area contributed by atoms with Gasteiger partial charge in [-0.15, -0.1) is 0 Å². The number of carbonyl (C=O) groups is 1. The molecule has 98 valence electrons. The van der Waals surface area contributed by atoms with Crippen molar-refractivity contribution in [1.29, 1.82) is 0 Å². The number of fused-ring (bicyclic) bond motifs is 1. The summed E-state index contributed by atoms with van der Waals surface area (Å²) in [6.07, 6.45) is 0.860. The molecule has 2 atom stereocenters. The third-order valence-corrected chi connectivity index (χ3v) is 3.87. The number of hydrogen-bond acceptors (Lipinski definition) is 3. The minimum atomic E-state index is -0.740. The van der Waals surface area contributed by atoms with Gasteiger partial charge in [0.25, 0.3) is 0 Å². The summed E-state index contributed by atoms with van der Waals surface area (Å²) in [6.45, 7) is 5.34. The van der Waals surface area contributed by atoms with Crippen LogP contribution in [0, 0.1) is 5.92 Å². The molecule has 18 heavy (non-hydrogen) atoms. The fourth-order valence-electron chi connectivity index (χ4n) is 2.65. The van der Waals surface area contributed by atoms with Crippen molar-refractivity contribution in [2.75, 3.05) is 5.73 Å². The van der Waals surface area contributed by atoms with Crippen molar-refractivity contribution in [3.05, 3.63) is 29.3 Å². The molecule has 3 N–H and O–H groups in total. The van der Waals surface area contributed by atoms with Crippen LogP contribution in [-0.4, -0.2) is 22.0 Å². The maximum atomic E-state index is 11.4. The van der Waals surface area contributed by atoms with Gasteiger partial charge in [-0.05, 0) is 23.1 Å². The first-order valence-corrected chi connectivity index (χ1v) is 6.37. The Hall–Kier alpha value is -1.55. The largest absolute Gasteiger partial charge is 0.480 e. The lowest BCUT2D eigenvalue weighted by Crippen LogP contribution is -2.42. The average Bonchev–Trinajstić information content (AvgIpc) is 2.73. The molecule has 0 aromatic heterocycles. The first-order chi connectivity index (χ1) is 8.54. The highest BCUT2D eigenvalue weighted by Gasteiger charge is 2.34. The van der Waals surface area contributed by atoms with Gasteiger partial charge in [0.1, 0.15) is 6.04 Å². The first-order valence-electron chi connectivity index (χ1n) is 6.37. The predicted molar refractivity (Wildman–Crippen MR) is 71.0 cm³/mol. The maximum Gasteiger partial charge on any atom is 0.321 e. The molecular formula is C14H20N2O2. The van der Waals surface area contributed by atoms with Gasteiger partial charge in [0.05, 0.1) is 0 Å². The molecule has 0 saturated heterocycles. The topological polar surface area (TPSA) is 66.6 Å². The van der Waals surface area contributed by atoms with Gasteiger partial charge < -0.3 is 10.8 Å². The van der Waals surface area contributed by atoms with Gasteiger partial charge in [-0.3, -0.25) is 9.69 Å². The van der Waals surface area contributed by atoms with E-state index in [2.05, 4.69) is 0 Å². The normalized spacial score (nSPS) is 18.3. The zero-order valence-corrected chi connectivity index (χ0v) is 10.9. The molecule has 0 saturated carbocycles. The molecule has 1 aliphatic heterocycles. The van der Waals surface area contributed by atoms with Crippen LogP contribution in [-0.2, 0) is 17.9 Å². The molecule has 0 fully saturated rings. The monoisotopic (exact) mass is 248 g/mol. The molecule has 4 heteroatoms. The highest BCUT2D eigenvalue weighted by molar-refractivity contribution is 5.74. The second kappa shape index (κ2) is 4.98. The SMILES string of the molecule is CCC(C)C(C(=O)O)N1Cc2cccc(N)c2C1. The molecule has 0 spiro atoms. The molecule has 4 nitrogen and oxygen atoms in total. The Morgan fingerprint density at radius 3 is 2.78 bits per heavy atom. The van der Waals surface area contributed by atoms with E-state index >= 15 is 0 Å². The summed E-state index contributed by atoms with van der Waals surface area (Å²) >= 11 is 0. The second-order valence-electron chi connectivity index (χ2n) is 5.06. The minimum Gasteiger partial charge on any atom is -0.480 e. The van der Waals surface area contributed by atoms with E-state index in [1.807, 2.05) is 36.9 Å². The Morgan fingerprint density at radius 1 is 1.50 bits per heavy atom. The number of nitrogen functional groups attached to an aromatic ring is 1. The van der Waals surface area contributed by atoms with Gasteiger partial charge in [0.15, 0.2) is 0 Å². The summed E-state index contributed by atoms with van der Waals surface area (Å²) in [6, 6.07) is 5.40. The van der Waals surface area contributed by atoms with Crippen molar-refractivity contribution in [2.45, 2.75) is 39.4 Å². The molecule has 0 bridgehead atoms. The molecule has 0 radical (unpaired) electrons. The minimum absolute atomic E-state index is 0.137. The van der Waals surface area contributed by atoms with Crippen molar-refractivity contribution in [1.82, 2.24) is 4.90 Å². The first kappa shape index (κ1) is 12.9. The smallest absolute Gasteiger partial charge is 0.321 e. The molecule has 1 aromatic carbocycles. The summed E-state index contributed by atoms with van der Waals surface area (Å²) in [5, 5.41) is 9.41. The second-order valence-corrected chi connectivity index (χ2v) is 5.06. The number of hydrogen-bond donors (Lipinski definition) is 2. The zero-order chi connectivity index (χ0) is 13.3. The van der Waals surface area contributed by atoms with E-state index in [9.17, 15) is 9.90 Å². The van der Waals surface area contributed by atoms with Crippen molar-refractivity contribution in [3.8, 4) is 0 Å². The van der Waals surface area contributed by atoms with Gasteiger partial charge >= 0.3 is 5.97 Å². The lowest BCUT2D eigenvalue weighted by Gasteiger charge is -2.28. The third-order valence-electron chi connectivity index (χ3n) is 3.87. The van der Waals surface area contributed by atoms with E-state index in [1.54, 1.807) is 0 Å². The lowest BCUT2D eigenvalue weighted by atomic mass is 9.98. The van der Waals surface area contributed by atoms with Crippen LogP contribution >= 0.6 is 0 Å². The Morgan fingerprint density at radius 2 is 2.22 bits per heavy atom. The standard InChI is InChI=1S/C14H20N2O2/c1-3-9(2)13(14(17)18)16-7-10-5-4-6-12(15)11(10)8-16/h4-6,9,13H,3,7-8,15H2,1-2H3,(H,17,18). The van der Waals surface area contributed by atoms with Crippen LogP contribution in [0.5, 0.6) is 0 Å². The van der Waals surface area contributed by atoms with Crippen LogP contribution in [0.1, 0.15) is 31.4 Å². The fourth-order valence-corrected chi connectivity index (χ4v) is 2.65. The molecular weight excluding hydrogens is 228 g/mol. The number of nitrogens with two attached hydrogens (primary N) is 1. The van der Waals surface area contributed by atoms with E-state index in [0.717, 1.165) is 23.2 Å². The average molecular weight is 248 g/mol. The van der Waals surface area contributed by atoms with Gasteiger partial charge in [0.2, 0.25) is 0 Å². The Kier molecular flexibility index (Phi) is 3.57. The predicted octanol–water partition coefficient (Wildman–Crippen LogP) is 2.08. The molecule has 1 aliphatic rings. The maximum absolute atomic E-state index is 11.4. The van der Waals surface area contributed by atoms with Crippen LogP contribution < -0.4 is 5.73 Å². The number of aliphatic carboxylic acids is 1. The van der Waals surface area contributed by atoms with Crippen molar-refractivity contribution >= 4 is 11.7 Å². The molecule has 0 aliphatic carbocycles. The van der Waals surface area contributed by atoms with Crippen LogP contribution in [0.15, 0.2) is 18.2 Å². The van der Waals surface area contributed by atoms with Crippen LogP contribution in [0.2, 0.25) is 0 Å². The molecule has 1 heterocycles. The summed E-state index contributed by atoms with van der Waals surface area (Å²) in [5.74, 6) is -0.603. The van der Waals surface area contributed by atoms with E-state index in [4.69, 9.17) is 5.73 Å². The zero-order valence-electron chi connectivity index (χ0n) is 10.9. The highest BCUT2D eigenvalue weighted by atomic mass is 16.4. The summed E-state index contributed by atoms with van der Waals surface area (Å²) in [4.78, 5) is 13.5. The quantitative estimate of drug-likeness (QED) is 0.801. The Balaban J connectivity index is 2.23. The van der Waals surface area contributed by atoms with Crippen molar-refractivity contribution in [2.24, 2.45) is 5.92 Å². The fraction of sp³-hybridized carbons (Fsp3) is 0.500. The van der Waals surface area contributed by atoms with Crippen LogP contribution in [0.3, 0.4) is 0 Å². The number of nitrogens with zero attached hydrogens (tertiary/aromatic N) is 1. The van der Waals surface area contributed by atoms with E-state index in [-0.39, 0.29) is 5.92 Å². The number of anilines is 1. The van der Waals surface area contributed by atoms with E-state index in [0.29, 0.717) is 13.1 Å². The van der Waals surface area contributed by atoms with Gasteiger partial charge in [-0.2, -0.15) is 0 Å². The van der Waals surface area contributed by atoms with Crippen LogP contribution in [0.25, 0.3) is 0 Å². The number of carboxylic acid groups (broad SMARTS) is 1. The number of benzene rings is 1. The van der Waals surface area contributed by atoms with Gasteiger partial charge in [0, 0.05) is 18.8 Å². The molecule has 1 aromatic rings. The van der Waals surface area contributed by atoms with Crippen LogP contribution in [0.4, 0.5) is 5.69 Å². The number of rotatable bonds is 4. The summed E-state index contributed by atoms with van der Waals surface area (Å²) < 4.78 is 0. The molecule has 0 amide bonds. The third kappa shape index (κ3) is 2.20. The lowest BCUT2D eigenvalue weighted by molar-refractivity contribution is -0.145. The van der Waals surface area contributed by atoms with Crippen molar-refractivity contribution < 1.29 is 9.90 Å². The van der Waals surface area contributed by atoms with Gasteiger partial charge in [-0.25, -0.2) is 0 Å². The summed E-state index contributed by atoms with van der Waals surface area (Å²) in [7, 11) is 0. The Bertz CT molecular complexity index is 459. The highest BCUT2D eigenvalue weighted by Crippen LogP contribution is 2.31.